The molecule has 0 saturated carbocycles. The number of hydrogen-bond donors (Lipinski definition) is 1. The van der Waals surface area contributed by atoms with E-state index in [0.29, 0.717) is 6.07 Å². The molecule has 0 aliphatic carbocycles. The van der Waals surface area contributed by atoms with Crippen LogP contribution in [0.3, 0.4) is 0 Å². The van der Waals surface area contributed by atoms with Crippen LogP contribution in [0.15, 0.2) is 53.6 Å². The molecule has 0 aliphatic heterocycles. The van der Waals surface area contributed by atoms with E-state index in [-0.39, 0.29) is 5.69 Å². The lowest BCUT2D eigenvalue weighted by Gasteiger charge is -2.09. The summed E-state index contributed by atoms with van der Waals surface area (Å²) in [5.41, 5.74) is 4.18. The summed E-state index contributed by atoms with van der Waals surface area (Å²) in [6.07, 6.45) is -3.19. The normalized spacial score (nSPS) is 11.8. The van der Waals surface area contributed by atoms with Crippen molar-refractivity contribution in [1.82, 2.24) is 4.57 Å². The van der Waals surface area contributed by atoms with Crippen LogP contribution in [0.2, 0.25) is 0 Å². The molecule has 10 heteroatoms. The Labute approximate surface area is 183 Å². The van der Waals surface area contributed by atoms with Gasteiger partial charge in [-0.2, -0.15) is 18.3 Å². The van der Waals surface area contributed by atoms with Crippen LogP contribution in [0.1, 0.15) is 22.5 Å². The highest BCUT2D eigenvalue weighted by atomic mass is 127. The number of hydrazone groups is 1. The van der Waals surface area contributed by atoms with Crippen LogP contribution >= 0.6 is 22.6 Å². The van der Waals surface area contributed by atoms with E-state index >= 15 is 0 Å². The first-order chi connectivity index (χ1) is 14.1. The Morgan fingerprint density at radius 1 is 1.13 bits per heavy atom. The predicted octanol–water partition coefficient (Wildman–Crippen LogP) is 6.07. The van der Waals surface area contributed by atoms with Gasteiger partial charge in [-0.05, 0) is 78.9 Å². The molecule has 1 aromatic heterocycles. The van der Waals surface area contributed by atoms with E-state index in [1.807, 2.05) is 48.7 Å². The van der Waals surface area contributed by atoms with E-state index in [9.17, 15) is 23.3 Å². The highest BCUT2D eigenvalue weighted by Crippen LogP contribution is 2.35. The number of anilines is 1. The van der Waals surface area contributed by atoms with Crippen molar-refractivity contribution in [3.8, 4) is 5.69 Å². The van der Waals surface area contributed by atoms with Crippen LogP contribution in [0.4, 0.5) is 24.5 Å². The van der Waals surface area contributed by atoms with Crippen molar-refractivity contribution in [3.05, 3.63) is 84.7 Å². The maximum absolute atomic E-state index is 12.8. The molecule has 0 aliphatic rings. The third-order valence-electron chi connectivity index (χ3n) is 4.47. The maximum Gasteiger partial charge on any atom is 0.416 e. The second-order valence-electron chi connectivity index (χ2n) is 6.50. The maximum atomic E-state index is 12.8. The molecule has 6 nitrogen and oxygen atoms in total. The standard InChI is InChI=1S/C20H16F3IN4O2/c1-12-9-14(13(2)27(12)17-6-4-16(24)5-7-17)11-25-26-18-8-3-15(20(21,22)23)10-19(18)28(29)30/h3-11,26H,1-2H3/b25-11+. The van der Waals surface area contributed by atoms with Crippen molar-refractivity contribution in [1.29, 1.82) is 0 Å². The molecule has 1 heterocycles. The fraction of sp³-hybridized carbons (Fsp3) is 0.150. The summed E-state index contributed by atoms with van der Waals surface area (Å²) < 4.78 is 41.6. The Morgan fingerprint density at radius 3 is 2.40 bits per heavy atom. The van der Waals surface area contributed by atoms with Crippen LogP contribution in [-0.4, -0.2) is 15.7 Å². The first-order valence-corrected chi connectivity index (χ1v) is 9.75. The molecule has 0 amide bonds. The third kappa shape index (κ3) is 4.64. The van der Waals surface area contributed by atoms with Gasteiger partial charge in [0.25, 0.3) is 5.69 Å². The molecule has 2 aromatic carbocycles. The Morgan fingerprint density at radius 2 is 1.80 bits per heavy atom. The van der Waals surface area contributed by atoms with Gasteiger partial charge in [0.2, 0.25) is 0 Å². The van der Waals surface area contributed by atoms with Crippen molar-refractivity contribution in [2.75, 3.05) is 5.43 Å². The van der Waals surface area contributed by atoms with Crippen LogP contribution in [0.25, 0.3) is 5.69 Å². The SMILES string of the molecule is Cc1cc(/C=N/Nc2ccc(C(F)(F)F)cc2[N+](=O)[O-])c(C)n1-c1ccc(I)cc1. The summed E-state index contributed by atoms with van der Waals surface area (Å²) in [7, 11) is 0. The highest BCUT2D eigenvalue weighted by molar-refractivity contribution is 14.1. The molecule has 0 unspecified atom stereocenters. The van der Waals surface area contributed by atoms with E-state index < -0.39 is 22.4 Å². The van der Waals surface area contributed by atoms with Gasteiger partial charge >= 0.3 is 6.18 Å². The second kappa shape index (κ2) is 8.46. The van der Waals surface area contributed by atoms with Crippen LogP contribution in [0, 0.1) is 27.5 Å². The molecule has 0 atom stereocenters. The van der Waals surface area contributed by atoms with Crippen LogP contribution < -0.4 is 5.43 Å². The molecule has 156 valence electrons. The van der Waals surface area contributed by atoms with Gasteiger partial charge in [0.1, 0.15) is 5.69 Å². The van der Waals surface area contributed by atoms with Crippen molar-refractivity contribution in [3.63, 3.8) is 0 Å². The number of rotatable bonds is 5. The zero-order valence-corrected chi connectivity index (χ0v) is 18.0. The summed E-state index contributed by atoms with van der Waals surface area (Å²) in [6.45, 7) is 3.85. The minimum absolute atomic E-state index is 0.129. The molecular formula is C20H16F3IN4O2. The molecule has 30 heavy (non-hydrogen) atoms. The number of aromatic nitrogens is 1. The minimum atomic E-state index is -4.67. The zero-order chi connectivity index (χ0) is 22.1. The van der Waals surface area contributed by atoms with Gasteiger partial charge in [0, 0.05) is 32.3 Å². The Balaban J connectivity index is 1.87. The van der Waals surface area contributed by atoms with Crippen LogP contribution in [-0.2, 0) is 6.18 Å². The summed E-state index contributed by atoms with van der Waals surface area (Å²) in [5, 5.41) is 15.2. The molecular weight excluding hydrogens is 512 g/mol. The number of nitrogens with one attached hydrogen (secondary N) is 1. The number of nitro groups is 1. The molecule has 0 saturated heterocycles. The van der Waals surface area contributed by atoms with Gasteiger partial charge in [-0.15, -0.1) is 0 Å². The van der Waals surface area contributed by atoms with Gasteiger partial charge in [-0.3, -0.25) is 15.5 Å². The number of alkyl halides is 3. The molecule has 3 aromatic rings. The number of nitrogens with zero attached hydrogens (tertiary/aromatic N) is 3. The molecule has 0 radical (unpaired) electrons. The Bertz CT molecular complexity index is 1120. The highest BCUT2D eigenvalue weighted by Gasteiger charge is 2.33. The second-order valence-corrected chi connectivity index (χ2v) is 7.74. The molecule has 0 bridgehead atoms. The zero-order valence-electron chi connectivity index (χ0n) is 15.9. The van der Waals surface area contributed by atoms with Crippen molar-refractivity contribution >= 4 is 40.2 Å². The van der Waals surface area contributed by atoms with Crippen molar-refractivity contribution in [2.24, 2.45) is 5.10 Å². The molecule has 0 spiro atoms. The molecule has 0 fully saturated rings. The van der Waals surface area contributed by atoms with E-state index in [1.165, 1.54) is 6.21 Å². The fourth-order valence-electron chi connectivity index (χ4n) is 3.03. The largest absolute Gasteiger partial charge is 0.416 e. The lowest BCUT2D eigenvalue weighted by Crippen LogP contribution is -2.06. The van der Waals surface area contributed by atoms with Gasteiger partial charge in [0.15, 0.2) is 0 Å². The average molecular weight is 528 g/mol. The summed E-state index contributed by atoms with van der Waals surface area (Å²) in [4.78, 5) is 10.3. The number of hydrogen-bond acceptors (Lipinski definition) is 4. The topological polar surface area (TPSA) is 72.5 Å². The van der Waals surface area contributed by atoms with Crippen molar-refractivity contribution in [2.45, 2.75) is 20.0 Å². The van der Waals surface area contributed by atoms with E-state index in [1.54, 1.807) is 0 Å². The average Bonchev–Trinajstić information content (AvgIpc) is 2.95. The number of halogens is 4. The van der Waals surface area contributed by atoms with Crippen LogP contribution in [0.5, 0.6) is 0 Å². The number of nitro benzene ring substituents is 1. The van der Waals surface area contributed by atoms with E-state index in [2.05, 4.69) is 33.1 Å². The smallest absolute Gasteiger partial charge is 0.318 e. The summed E-state index contributed by atoms with van der Waals surface area (Å²) in [6, 6.07) is 12.1. The lowest BCUT2D eigenvalue weighted by atomic mass is 10.1. The number of aryl methyl sites for hydroxylation is 1. The predicted molar refractivity (Wildman–Crippen MR) is 117 cm³/mol. The monoisotopic (exact) mass is 528 g/mol. The Hall–Kier alpha value is -2.89. The minimum Gasteiger partial charge on any atom is -0.318 e. The van der Waals surface area contributed by atoms with Gasteiger partial charge in [-0.25, -0.2) is 0 Å². The fourth-order valence-corrected chi connectivity index (χ4v) is 3.39. The van der Waals surface area contributed by atoms with E-state index in [4.69, 9.17) is 0 Å². The Kier molecular flexibility index (Phi) is 6.15. The third-order valence-corrected chi connectivity index (χ3v) is 5.18. The molecule has 1 N–H and O–H groups in total. The quantitative estimate of drug-likeness (QED) is 0.189. The summed E-state index contributed by atoms with van der Waals surface area (Å²) in [5.74, 6) is 0. The summed E-state index contributed by atoms with van der Waals surface area (Å²) >= 11 is 2.23. The van der Waals surface area contributed by atoms with Gasteiger partial charge < -0.3 is 4.57 Å². The van der Waals surface area contributed by atoms with Gasteiger partial charge in [-0.1, -0.05) is 0 Å². The number of benzene rings is 2. The van der Waals surface area contributed by atoms with Gasteiger partial charge in [0.05, 0.1) is 16.7 Å². The molecule has 3 rings (SSSR count). The first-order valence-electron chi connectivity index (χ1n) is 8.67. The first kappa shape index (κ1) is 21.8. The van der Waals surface area contributed by atoms with Crippen molar-refractivity contribution < 1.29 is 18.1 Å². The van der Waals surface area contributed by atoms with E-state index in [0.717, 1.165) is 38.3 Å². The lowest BCUT2D eigenvalue weighted by molar-refractivity contribution is -0.384.